The average molecular weight is 368 g/mol. The Morgan fingerprint density at radius 3 is 2.41 bits per heavy atom. The van der Waals surface area contributed by atoms with Gasteiger partial charge < -0.3 is 9.84 Å². The molecule has 27 heavy (non-hydrogen) atoms. The van der Waals surface area contributed by atoms with Crippen molar-refractivity contribution in [2.75, 3.05) is 34.3 Å². The summed E-state index contributed by atoms with van der Waals surface area (Å²) in [6, 6.07) is 17.7. The van der Waals surface area contributed by atoms with Gasteiger partial charge in [0.25, 0.3) is 0 Å². The number of methoxy groups -OCH3 is 1. The lowest BCUT2D eigenvalue weighted by atomic mass is 9.77. The molecule has 0 aliphatic carbocycles. The highest BCUT2D eigenvalue weighted by Crippen LogP contribution is 2.37. The van der Waals surface area contributed by atoms with E-state index in [9.17, 15) is 9.90 Å². The molecule has 0 bridgehead atoms. The SMILES string of the molecule is COC(=O)c1ccc(CN2CC[C@@](c3ccccc3)(N(C)C)[C@H](O)C2)cc1. The highest BCUT2D eigenvalue weighted by atomic mass is 16.5. The van der Waals surface area contributed by atoms with Crippen molar-refractivity contribution in [1.29, 1.82) is 0 Å². The molecule has 0 saturated carbocycles. The van der Waals surface area contributed by atoms with Gasteiger partial charge in [0.2, 0.25) is 0 Å². The minimum atomic E-state index is -0.488. The van der Waals surface area contributed by atoms with Crippen LogP contribution in [0.5, 0.6) is 0 Å². The fourth-order valence-corrected chi connectivity index (χ4v) is 4.09. The second-order valence-electron chi connectivity index (χ2n) is 7.37. The number of nitrogens with zero attached hydrogens (tertiary/aromatic N) is 2. The number of aliphatic hydroxyl groups is 1. The van der Waals surface area contributed by atoms with E-state index in [0.717, 1.165) is 30.6 Å². The van der Waals surface area contributed by atoms with E-state index >= 15 is 0 Å². The van der Waals surface area contributed by atoms with Crippen LogP contribution in [0.15, 0.2) is 54.6 Å². The Hall–Kier alpha value is -2.21. The van der Waals surface area contributed by atoms with Crippen molar-refractivity contribution in [3.05, 3.63) is 71.3 Å². The molecule has 0 aromatic heterocycles. The molecular formula is C22H28N2O3. The molecule has 1 aliphatic heterocycles. The Kier molecular flexibility index (Phi) is 5.95. The summed E-state index contributed by atoms with van der Waals surface area (Å²) >= 11 is 0. The monoisotopic (exact) mass is 368 g/mol. The second kappa shape index (κ2) is 8.21. The quantitative estimate of drug-likeness (QED) is 0.822. The summed E-state index contributed by atoms with van der Waals surface area (Å²) in [6.07, 6.45) is 0.365. The van der Waals surface area contributed by atoms with Crippen LogP contribution in [0.25, 0.3) is 0 Å². The van der Waals surface area contributed by atoms with Gasteiger partial charge >= 0.3 is 5.97 Å². The molecule has 2 atom stereocenters. The molecule has 0 radical (unpaired) electrons. The van der Waals surface area contributed by atoms with Gasteiger partial charge in [-0.05, 0) is 43.8 Å². The molecule has 0 amide bonds. The molecular weight excluding hydrogens is 340 g/mol. The molecule has 144 valence electrons. The number of β-amino-alcohol motifs (C(OH)–C–C–N with tert-alkyl or cyclic N) is 1. The number of carbonyl (C=O) groups excluding carboxylic acids is 1. The van der Waals surface area contributed by atoms with Crippen LogP contribution >= 0.6 is 0 Å². The van der Waals surface area contributed by atoms with Gasteiger partial charge in [-0.3, -0.25) is 9.80 Å². The van der Waals surface area contributed by atoms with Crippen LogP contribution in [0, 0.1) is 0 Å². The van der Waals surface area contributed by atoms with Crippen LogP contribution in [-0.4, -0.2) is 61.3 Å². The van der Waals surface area contributed by atoms with Crippen molar-refractivity contribution >= 4 is 5.97 Å². The molecule has 1 fully saturated rings. The van der Waals surface area contributed by atoms with E-state index in [-0.39, 0.29) is 11.5 Å². The smallest absolute Gasteiger partial charge is 0.337 e. The maximum Gasteiger partial charge on any atom is 0.337 e. The first kappa shape index (κ1) is 19.5. The molecule has 1 heterocycles. The Bertz CT molecular complexity index is 761. The standard InChI is InChI=1S/C22H28N2O3/c1-23(2)22(19-7-5-4-6-8-19)13-14-24(16-20(22)25)15-17-9-11-18(12-10-17)21(26)27-3/h4-12,20,25H,13-16H2,1-3H3/t20-,22+/m1/s1. The first-order chi connectivity index (χ1) is 13.0. The van der Waals surface area contributed by atoms with Gasteiger partial charge in [0, 0.05) is 19.6 Å². The highest BCUT2D eigenvalue weighted by Gasteiger charge is 2.45. The van der Waals surface area contributed by atoms with Gasteiger partial charge in [0.05, 0.1) is 24.3 Å². The number of hydrogen-bond acceptors (Lipinski definition) is 5. The largest absolute Gasteiger partial charge is 0.465 e. The summed E-state index contributed by atoms with van der Waals surface area (Å²) in [5.41, 5.74) is 2.46. The Morgan fingerprint density at radius 1 is 1.19 bits per heavy atom. The lowest BCUT2D eigenvalue weighted by molar-refractivity contribution is -0.0702. The normalized spacial score (nSPS) is 23.4. The molecule has 1 N–H and O–H groups in total. The van der Waals surface area contributed by atoms with Gasteiger partial charge in [-0.15, -0.1) is 0 Å². The first-order valence-electron chi connectivity index (χ1n) is 9.28. The van der Waals surface area contributed by atoms with Crippen molar-refractivity contribution < 1.29 is 14.6 Å². The number of benzene rings is 2. The highest BCUT2D eigenvalue weighted by molar-refractivity contribution is 5.89. The molecule has 5 heteroatoms. The summed E-state index contributed by atoms with van der Waals surface area (Å²) in [6.45, 7) is 2.24. The van der Waals surface area contributed by atoms with E-state index in [1.807, 2.05) is 44.4 Å². The van der Waals surface area contributed by atoms with E-state index in [1.165, 1.54) is 7.11 Å². The third-order valence-corrected chi connectivity index (χ3v) is 5.64. The summed E-state index contributed by atoms with van der Waals surface area (Å²) < 4.78 is 4.74. The van der Waals surface area contributed by atoms with Gasteiger partial charge in [-0.1, -0.05) is 42.5 Å². The van der Waals surface area contributed by atoms with E-state index < -0.39 is 6.10 Å². The molecule has 0 spiro atoms. The van der Waals surface area contributed by atoms with Gasteiger partial charge in [0.1, 0.15) is 0 Å². The van der Waals surface area contributed by atoms with E-state index in [4.69, 9.17) is 4.74 Å². The first-order valence-corrected chi connectivity index (χ1v) is 9.28. The number of aliphatic hydroxyl groups excluding tert-OH is 1. The summed E-state index contributed by atoms with van der Waals surface area (Å²) in [5, 5.41) is 11.1. The molecule has 2 aromatic rings. The number of hydrogen-bond donors (Lipinski definition) is 1. The molecule has 1 aliphatic rings. The minimum absolute atomic E-state index is 0.325. The van der Waals surface area contributed by atoms with E-state index in [0.29, 0.717) is 12.1 Å². The lowest BCUT2D eigenvalue weighted by Crippen LogP contribution is -2.59. The zero-order valence-electron chi connectivity index (χ0n) is 16.3. The average Bonchev–Trinajstić information content (AvgIpc) is 2.69. The van der Waals surface area contributed by atoms with Crippen molar-refractivity contribution in [2.24, 2.45) is 0 Å². The molecule has 1 saturated heterocycles. The predicted molar refractivity (Wildman–Crippen MR) is 105 cm³/mol. The number of esters is 1. The third kappa shape index (κ3) is 3.90. The van der Waals surface area contributed by atoms with Crippen molar-refractivity contribution in [3.8, 4) is 0 Å². The van der Waals surface area contributed by atoms with Crippen LogP contribution in [-0.2, 0) is 16.8 Å². The van der Waals surface area contributed by atoms with Crippen LogP contribution in [0.3, 0.4) is 0 Å². The number of rotatable bonds is 5. The zero-order valence-corrected chi connectivity index (χ0v) is 16.3. The van der Waals surface area contributed by atoms with E-state index in [1.54, 1.807) is 12.1 Å². The lowest BCUT2D eigenvalue weighted by Gasteiger charge is -2.50. The number of piperidine rings is 1. The molecule has 0 unspecified atom stereocenters. The summed E-state index contributed by atoms with van der Waals surface area (Å²) in [4.78, 5) is 16.0. The van der Waals surface area contributed by atoms with Gasteiger partial charge in [-0.25, -0.2) is 4.79 Å². The van der Waals surface area contributed by atoms with Gasteiger partial charge in [-0.2, -0.15) is 0 Å². The van der Waals surface area contributed by atoms with Crippen LogP contribution < -0.4 is 0 Å². The fourth-order valence-electron chi connectivity index (χ4n) is 4.09. The molecule has 3 rings (SSSR count). The minimum Gasteiger partial charge on any atom is -0.465 e. The summed E-state index contributed by atoms with van der Waals surface area (Å²) in [7, 11) is 5.46. The van der Waals surface area contributed by atoms with Crippen molar-refractivity contribution in [2.45, 2.75) is 24.6 Å². The summed E-state index contributed by atoms with van der Waals surface area (Å²) in [5.74, 6) is -0.325. The fraction of sp³-hybridized carbons (Fsp3) is 0.409. The number of ether oxygens (including phenoxy) is 1. The maximum absolute atomic E-state index is 11.6. The van der Waals surface area contributed by atoms with Crippen molar-refractivity contribution in [3.63, 3.8) is 0 Å². The third-order valence-electron chi connectivity index (χ3n) is 5.64. The van der Waals surface area contributed by atoms with Crippen LogP contribution in [0.1, 0.15) is 27.9 Å². The second-order valence-corrected chi connectivity index (χ2v) is 7.37. The van der Waals surface area contributed by atoms with Crippen molar-refractivity contribution in [1.82, 2.24) is 9.80 Å². The van der Waals surface area contributed by atoms with Gasteiger partial charge in [0.15, 0.2) is 0 Å². The molecule has 5 nitrogen and oxygen atoms in total. The number of likely N-dealkylation sites (tertiary alicyclic amines) is 1. The number of carbonyl (C=O) groups is 1. The maximum atomic E-state index is 11.6. The predicted octanol–water partition coefficient (Wildman–Crippen LogP) is 2.50. The number of likely N-dealkylation sites (N-methyl/N-ethyl adjacent to an activating group) is 1. The Morgan fingerprint density at radius 2 is 1.85 bits per heavy atom. The Balaban J connectivity index is 1.71. The zero-order chi connectivity index (χ0) is 19.4. The van der Waals surface area contributed by atoms with Crippen LogP contribution in [0.2, 0.25) is 0 Å². The van der Waals surface area contributed by atoms with E-state index in [2.05, 4.69) is 21.9 Å². The topological polar surface area (TPSA) is 53.0 Å². The molecule has 2 aromatic carbocycles. The van der Waals surface area contributed by atoms with Crippen LogP contribution in [0.4, 0.5) is 0 Å². The Labute approximate surface area is 161 Å².